The number of unbranched alkanes of at least 4 members (excludes halogenated alkanes) is 9. The standard InChI is InChI=1S/C38H47NO2/c1-2-3-4-5-6-7-8-9-10-11-20-37(40)38(41)39-35(33-23-21-29-16-12-14-18-31(29)27-33)25-26-36(39)34-24-22-30-17-13-15-19-32(30)28-34/h12-19,21-24,27-28,35-37,40H,2-11,20,25-26H2,1H3/t35-,36-,37+/m0/s1. The number of amides is 1. The van der Waals surface area contributed by atoms with E-state index in [0.717, 1.165) is 36.8 Å². The normalized spacial score (nSPS) is 17.9. The molecule has 0 spiro atoms. The zero-order valence-corrected chi connectivity index (χ0v) is 24.8. The van der Waals surface area contributed by atoms with Gasteiger partial charge in [0.15, 0.2) is 0 Å². The fraction of sp³-hybridized carbons (Fsp3) is 0.447. The Labute approximate surface area is 246 Å². The van der Waals surface area contributed by atoms with E-state index in [-0.39, 0.29) is 18.0 Å². The second-order valence-corrected chi connectivity index (χ2v) is 12.1. The van der Waals surface area contributed by atoms with E-state index >= 15 is 0 Å². The second-order valence-electron chi connectivity index (χ2n) is 12.1. The molecule has 0 radical (unpaired) electrons. The molecule has 3 nitrogen and oxygen atoms in total. The molecule has 4 aromatic carbocycles. The quantitative estimate of drug-likeness (QED) is 0.159. The number of nitrogens with zero attached hydrogens (tertiary/aromatic N) is 1. The number of carbonyl (C=O) groups is 1. The minimum atomic E-state index is -0.951. The molecular weight excluding hydrogens is 502 g/mol. The zero-order valence-electron chi connectivity index (χ0n) is 24.8. The molecule has 1 heterocycles. The molecule has 0 aliphatic carbocycles. The first-order valence-electron chi connectivity index (χ1n) is 16.1. The van der Waals surface area contributed by atoms with Crippen LogP contribution >= 0.6 is 0 Å². The molecule has 0 unspecified atom stereocenters. The number of likely N-dealkylation sites (tertiary alicyclic amines) is 1. The van der Waals surface area contributed by atoms with Crippen molar-refractivity contribution in [3.8, 4) is 0 Å². The molecule has 1 saturated heterocycles. The largest absolute Gasteiger partial charge is 0.383 e. The number of benzene rings is 4. The molecule has 0 aromatic heterocycles. The van der Waals surface area contributed by atoms with Crippen LogP contribution in [0.4, 0.5) is 0 Å². The smallest absolute Gasteiger partial charge is 0.252 e. The Bertz CT molecular complexity index is 1320. The van der Waals surface area contributed by atoms with Gasteiger partial charge in [-0.05, 0) is 64.1 Å². The highest BCUT2D eigenvalue weighted by atomic mass is 16.3. The van der Waals surface area contributed by atoms with E-state index in [1.807, 2.05) is 4.90 Å². The molecule has 3 atom stereocenters. The summed E-state index contributed by atoms with van der Waals surface area (Å²) in [4.78, 5) is 16.0. The number of hydrogen-bond donors (Lipinski definition) is 1. The van der Waals surface area contributed by atoms with Gasteiger partial charge in [0.2, 0.25) is 0 Å². The van der Waals surface area contributed by atoms with Crippen LogP contribution in [0.15, 0.2) is 84.9 Å². The van der Waals surface area contributed by atoms with E-state index in [0.29, 0.717) is 6.42 Å². The minimum Gasteiger partial charge on any atom is -0.383 e. The number of fused-ring (bicyclic) bond motifs is 2. The number of aliphatic hydroxyl groups excluding tert-OH is 1. The number of hydrogen-bond acceptors (Lipinski definition) is 2. The van der Waals surface area contributed by atoms with Crippen LogP contribution in [0.25, 0.3) is 21.5 Å². The lowest BCUT2D eigenvalue weighted by molar-refractivity contribution is -0.144. The Morgan fingerprint density at radius 3 is 1.59 bits per heavy atom. The van der Waals surface area contributed by atoms with Gasteiger partial charge < -0.3 is 10.0 Å². The average molecular weight is 550 g/mol. The third-order valence-corrected chi connectivity index (χ3v) is 9.07. The van der Waals surface area contributed by atoms with Crippen molar-refractivity contribution >= 4 is 27.5 Å². The van der Waals surface area contributed by atoms with Crippen molar-refractivity contribution in [2.24, 2.45) is 0 Å². The van der Waals surface area contributed by atoms with Crippen LogP contribution in [-0.2, 0) is 4.79 Å². The molecule has 5 rings (SSSR count). The van der Waals surface area contributed by atoms with Gasteiger partial charge in [-0.25, -0.2) is 0 Å². The number of aliphatic hydroxyl groups is 1. The van der Waals surface area contributed by atoms with Crippen LogP contribution in [0.3, 0.4) is 0 Å². The lowest BCUT2D eigenvalue weighted by Gasteiger charge is -2.33. The van der Waals surface area contributed by atoms with Crippen molar-refractivity contribution in [2.75, 3.05) is 0 Å². The van der Waals surface area contributed by atoms with Gasteiger partial charge in [-0.1, -0.05) is 144 Å². The molecule has 4 aromatic rings. The Hall–Kier alpha value is -3.17. The monoisotopic (exact) mass is 549 g/mol. The average Bonchev–Trinajstić information content (AvgIpc) is 3.46. The first-order valence-corrected chi connectivity index (χ1v) is 16.1. The van der Waals surface area contributed by atoms with Crippen molar-refractivity contribution in [1.82, 2.24) is 4.90 Å². The highest BCUT2D eigenvalue weighted by Gasteiger charge is 2.40. The third-order valence-electron chi connectivity index (χ3n) is 9.07. The summed E-state index contributed by atoms with van der Waals surface area (Å²) in [5.41, 5.74) is 2.32. The molecule has 41 heavy (non-hydrogen) atoms. The van der Waals surface area contributed by atoms with Crippen LogP contribution in [0.5, 0.6) is 0 Å². The molecular formula is C38H47NO2. The molecule has 1 fully saturated rings. The van der Waals surface area contributed by atoms with Gasteiger partial charge in [-0.2, -0.15) is 0 Å². The maximum absolute atomic E-state index is 14.0. The van der Waals surface area contributed by atoms with Crippen molar-refractivity contribution in [1.29, 1.82) is 0 Å². The molecule has 3 heteroatoms. The molecule has 216 valence electrons. The highest BCUT2D eigenvalue weighted by Crippen LogP contribution is 2.45. The van der Waals surface area contributed by atoms with E-state index in [4.69, 9.17) is 0 Å². The predicted octanol–water partition coefficient (Wildman–Crippen LogP) is 10.1. The zero-order chi connectivity index (χ0) is 28.4. The van der Waals surface area contributed by atoms with Gasteiger partial charge in [-0.15, -0.1) is 0 Å². The van der Waals surface area contributed by atoms with Crippen LogP contribution in [0.2, 0.25) is 0 Å². The topological polar surface area (TPSA) is 40.5 Å². The van der Waals surface area contributed by atoms with Gasteiger partial charge in [0.1, 0.15) is 6.10 Å². The summed E-state index contributed by atoms with van der Waals surface area (Å²) in [7, 11) is 0. The fourth-order valence-electron chi connectivity index (χ4n) is 6.72. The maximum atomic E-state index is 14.0. The van der Waals surface area contributed by atoms with Crippen LogP contribution in [0, 0.1) is 0 Å². The van der Waals surface area contributed by atoms with Gasteiger partial charge in [0.05, 0.1) is 12.1 Å². The second kappa shape index (κ2) is 14.6. The van der Waals surface area contributed by atoms with Crippen molar-refractivity contribution in [2.45, 2.75) is 109 Å². The van der Waals surface area contributed by atoms with E-state index < -0.39 is 6.10 Å². The fourth-order valence-corrected chi connectivity index (χ4v) is 6.72. The summed E-state index contributed by atoms with van der Waals surface area (Å²) in [5, 5.41) is 16.0. The van der Waals surface area contributed by atoms with E-state index in [1.165, 1.54) is 72.9 Å². The maximum Gasteiger partial charge on any atom is 0.252 e. The highest BCUT2D eigenvalue weighted by molar-refractivity contribution is 5.86. The SMILES string of the molecule is CCCCCCCCCCCC[C@@H](O)C(=O)N1[C@H](c2ccc3ccccc3c2)CC[C@H]1c1ccc2ccccc2c1. The summed E-state index contributed by atoms with van der Waals surface area (Å²) < 4.78 is 0. The lowest BCUT2D eigenvalue weighted by atomic mass is 9.99. The first-order chi connectivity index (χ1) is 20.2. The van der Waals surface area contributed by atoms with Crippen molar-refractivity contribution in [3.05, 3.63) is 96.1 Å². The Morgan fingerprint density at radius 1 is 0.659 bits per heavy atom. The third kappa shape index (κ3) is 7.38. The van der Waals surface area contributed by atoms with Crippen molar-refractivity contribution < 1.29 is 9.90 Å². The molecule has 1 N–H and O–H groups in total. The van der Waals surface area contributed by atoms with E-state index in [9.17, 15) is 9.90 Å². The summed E-state index contributed by atoms with van der Waals surface area (Å²) in [6.45, 7) is 2.26. The van der Waals surface area contributed by atoms with Crippen LogP contribution in [-0.4, -0.2) is 22.0 Å². The number of rotatable bonds is 14. The van der Waals surface area contributed by atoms with Gasteiger partial charge >= 0.3 is 0 Å². The molecule has 0 bridgehead atoms. The van der Waals surface area contributed by atoms with E-state index in [2.05, 4.69) is 91.9 Å². The summed E-state index contributed by atoms with van der Waals surface area (Å²) in [6, 6.07) is 29.9. The summed E-state index contributed by atoms with van der Waals surface area (Å²) in [6.07, 6.45) is 13.8. The molecule has 0 saturated carbocycles. The van der Waals surface area contributed by atoms with E-state index in [1.54, 1.807) is 0 Å². The van der Waals surface area contributed by atoms with Crippen LogP contribution in [0.1, 0.15) is 114 Å². The Balaban J connectivity index is 1.27. The summed E-state index contributed by atoms with van der Waals surface area (Å²) in [5.74, 6) is -0.116. The summed E-state index contributed by atoms with van der Waals surface area (Å²) >= 11 is 0. The molecule has 1 amide bonds. The predicted molar refractivity (Wildman–Crippen MR) is 172 cm³/mol. The molecule has 1 aliphatic heterocycles. The Morgan fingerprint density at radius 2 is 1.10 bits per heavy atom. The van der Waals surface area contributed by atoms with Crippen molar-refractivity contribution in [3.63, 3.8) is 0 Å². The lowest BCUT2D eigenvalue weighted by Crippen LogP contribution is -2.40. The van der Waals surface area contributed by atoms with Gasteiger partial charge in [0.25, 0.3) is 5.91 Å². The molecule has 1 aliphatic rings. The van der Waals surface area contributed by atoms with Gasteiger partial charge in [0, 0.05) is 0 Å². The number of carbonyl (C=O) groups excluding carboxylic acids is 1. The first kappa shape index (κ1) is 29.3. The Kier molecular flexibility index (Phi) is 10.5. The van der Waals surface area contributed by atoms with Crippen LogP contribution < -0.4 is 0 Å². The minimum absolute atomic E-state index is 0.0362. The van der Waals surface area contributed by atoms with Gasteiger partial charge in [-0.3, -0.25) is 4.79 Å².